The molecule has 0 heterocycles. The van der Waals surface area contributed by atoms with Gasteiger partial charge in [0.2, 0.25) is 0 Å². The molecule has 6 heteroatoms. The van der Waals surface area contributed by atoms with Gasteiger partial charge in [0.05, 0.1) is 12.5 Å². The summed E-state index contributed by atoms with van der Waals surface area (Å²) in [5.74, 6) is -2.77. The van der Waals surface area contributed by atoms with Gasteiger partial charge in [-0.15, -0.1) is 0 Å². The maximum Gasteiger partial charge on any atom is 0.420 e. The molecule has 2 rings (SSSR count). The van der Waals surface area contributed by atoms with Crippen molar-refractivity contribution >= 4 is 5.97 Å². The number of ether oxygens (including phenoxy) is 1. The number of hydrogen-bond acceptors (Lipinski definition) is 3. The van der Waals surface area contributed by atoms with Crippen molar-refractivity contribution in [2.24, 2.45) is 5.92 Å². The summed E-state index contributed by atoms with van der Waals surface area (Å²) in [6.45, 7) is 5.31. The smallest absolute Gasteiger partial charge is 0.420 e. The Morgan fingerprint density at radius 1 is 1.11 bits per heavy atom. The van der Waals surface area contributed by atoms with Crippen molar-refractivity contribution in [2.45, 2.75) is 39.3 Å². The Hall–Kier alpha value is -2.50. The molecule has 1 atom stereocenters. The number of aromatic hydroxyl groups is 1. The molecular weight excluding hydrogens is 357 g/mol. The van der Waals surface area contributed by atoms with Crippen molar-refractivity contribution in [1.29, 1.82) is 0 Å². The number of phenolic OH excluding ortho intramolecular Hbond substituents is 1. The quantitative estimate of drug-likeness (QED) is 0.647. The highest BCUT2D eigenvalue weighted by Crippen LogP contribution is 2.44. The summed E-state index contributed by atoms with van der Waals surface area (Å²) < 4.78 is 46.1. The first-order valence-corrected chi connectivity index (χ1v) is 8.81. The van der Waals surface area contributed by atoms with Crippen molar-refractivity contribution in [1.82, 2.24) is 0 Å². The highest BCUT2D eigenvalue weighted by molar-refractivity contribution is 5.81. The largest absolute Gasteiger partial charge is 0.507 e. The van der Waals surface area contributed by atoms with E-state index < -0.39 is 29.4 Å². The number of phenols is 1. The van der Waals surface area contributed by atoms with E-state index in [1.807, 2.05) is 13.8 Å². The van der Waals surface area contributed by atoms with Crippen LogP contribution in [0.5, 0.6) is 5.75 Å². The predicted octanol–water partition coefficient (Wildman–Crippen LogP) is 5.77. The maximum absolute atomic E-state index is 13.7. The van der Waals surface area contributed by atoms with E-state index in [4.69, 9.17) is 4.74 Å². The molecule has 1 N–H and O–H groups in total. The van der Waals surface area contributed by atoms with Crippen LogP contribution >= 0.6 is 0 Å². The van der Waals surface area contributed by atoms with E-state index in [0.717, 1.165) is 6.07 Å². The molecule has 1 unspecified atom stereocenters. The summed E-state index contributed by atoms with van der Waals surface area (Å²) >= 11 is 0. The first kappa shape index (κ1) is 20.8. The number of carbonyl (C=O) groups excluding carboxylic acids is 1. The van der Waals surface area contributed by atoms with Gasteiger partial charge >= 0.3 is 12.1 Å². The average Bonchev–Trinajstić information content (AvgIpc) is 2.58. The second-order valence-electron chi connectivity index (χ2n) is 6.76. The third-order valence-electron chi connectivity index (χ3n) is 4.19. The van der Waals surface area contributed by atoms with Crippen LogP contribution in [0.4, 0.5) is 13.2 Å². The highest BCUT2D eigenvalue weighted by Gasteiger charge is 2.40. The number of esters is 1. The Morgan fingerprint density at radius 2 is 1.74 bits per heavy atom. The fourth-order valence-electron chi connectivity index (χ4n) is 3.09. The van der Waals surface area contributed by atoms with Crippen LogP contribution < -0.4 is 0 Å². The van der Waals surface area contributed by atoms with Crippen molar-refractivity contribution in [3.63, 3.8) is 0 Å². The molecule has 2 aromatic carbocycles. The van der Waals surface area contributed by atoms with Gasteiger partial charge < -0.3 is 9.84 Å². The SMILES string of the molecule is CCOC(=O)C(CC(C)C)c1cc(-c2ccccc2)cc(O)c1C(F)(F)F. The van der Waals surface area contributed by atoms with E-state index in [2.05, 4.69) is 0 Å². The molecular formula is C21H23F3O3. The molecule has 0 saturated heterocycles. The summed E-state index contributed by atoms with van der Waals surface area (Å²) in [5, 5.41) is 10.2. The van der Waals surface area contributed by atoms with Gasteiger partial charge in [0, 0.05) is 0 Å². The minimum atomic E-state index is -4.80. The van der Waals surface area contributed by atoms with Crippen LogP contribution in [0.3, 0.4) is 0 Å². The van der Waals surface area contributed by atoms with Gasteiger partial charge in [-0.2, -0.15) is 13.2 Å². The lowest BCUT2D eigenvalue weighted by atomic mass is 9.85. The molecule has 0 aliphatic carbocycles. The van der Waals surface area contributed by atoms with Crippen LogP contribution in [0.2, 0.25) is 0 Å². The molecule has 0 spiro atoms. The Kier molecular flexibility index (Phi) is 6.52. The fraction of sp³-hybridized carbons (Fsp3) is 0.381. The average molecular weight is 380 g/mol. The summed E-state index contributed by atoms with van der Waals surface area (Å²) in [4.78, 5) is 12.4. The first-order valence-electron chi connectivity index (χ1n) is 8.81. The van der Waals surface area contributed by atoms with Crippen molar-refractivity contribution in [2.75, 3.05) is 6.61 Å². The Labute approximate surface area is 156 Å². The number of carbonyl (C=O) groups is 1. The van der Waals surface area contributed by atoms with E-state index in [1.54, 1.807) is 37.3 Å². The lowest BCUT2D eigenvalue weighted by molar-refractivity contribution is -0.146. The van der Waals surface area contributed by atoms with Crippen LogP contribution in [0, 0.1) is 5.92 Å². The number of benzene rings is 2. The molecule has 0 amide bonds. The Balaban J connectivity index is 2.71. The number of hydrogen-bond donors (Lipinski definition) is 1. The molecule has 0 aromatic heterocycles. The third-order valence-corrected chi connectivity index (χ3v) is 4.19. The molecule has 0 bridgehead atoms. The lowest BCUT2D eigenvalue weighted by Crippen LogP contribution is -2.22. The van der Waals surface area contributed by atoms with Gasteiger partial charge in [0.1, 0.15) is 11.3 Å². The lowest BCUT2D eigenvalue weighted by Gasteiger charge is -2.23. The van der Waals surface area contributed by atoms with Crippen molar-refractivity contribution in [3.8, 4) is 16.9 Å². The Morgan fingerprint density at radius 3 is 2.26 bits per heavy atom. The van der Waals surface area contributed by atoms with Crippen LogP contribution in [0.1, 0.15) is 44.2 Å². The second kappa shape index (κ2) is 8.46. The summed E-state index contributed by atoms with van der Waals surface area (Å²) in [6, 6.07) is 11.2. The van der Waals surface area contributed by atoms with Crippen molar-refractivity contribution < 1.29 is 27.8 Å². The van der Waals surface area contributed by atoms with E-state index in [-0.39, 0.29) is 24.5 Å². The van der Waals surface area contributed by atoms with Gasteiger partial charge in [-0.1, -0.05) is 44.2 Å². The molecule has 0 aliphatic rings. The molecule has 146 valence electrons. The summed E-state index contributed by atoms with van der Waals surface area (Å²) in [5.41, 5.74) is -0.376. The van der Waals surface area contributed by atoms with Gasteiger partial charge in [-0.3, -0.25) is 4.79 Å². The van der Waals surface area contributed by atoms with Crippen LogP contribution in [-0.2, 0) is 15.7 Å². The van der Waals surface area contributed by atoms with Gasteiger partial charge in [0.25, 0.3) is 0 Å². The van der Waals surface area contributed by atoms with E-state index in [1.165, 1.54) is 6.07 Å². The minimum absolute atomic E-state index is 0.0389. The van der Waals surface area contributed by atoms with Gasteiger partial charge in [-0.05, 0) is 48.1 Å². The normalized spacial score (nSPS) is 12.9. The topological polar surface area (TPSA) is 46.5 Å². The first-order chi connectivity index (χ1) is 12.6. The fourth-order valence-corrected chi connectivity index (χ4v) is 3.09. The van der Waals surface area contributed by atoms with E-state index in [0.29, 0.717) is 11.1 Å². The summed E-state index contributed by atoms with van der Waals surface area (Å²) in [6.07, 6.45) is -4.62. The number of alkyl halides is 3. The second-order valence-corrected chi connectivity index (χ2v) is 6.76. The Bertz CT molecular complexity index is 783. The van der Waals surface area contributed by atoms with E-state index >= 15 is 0 Å². The molecule has 0 fully saturated rings. The van der Waals surface area contributed by atoms with Crippen molar-refractivity contribution in [3.05, 3.63) is 53.6 Å². The molecule has 27 heavy (non-hydrogen) atoms. The molecule has 2 aromatic rings. The molecule has 0 aliphatic heterocycles. The molecule has 0 saturated carbocycles. The number of halogens is 3. The van der Waals surface area contributed by atoms with E-state index in [9.17, 15) is 23.1 Å². The third kappa shape index (κ3) is 5.02. The van der Waals surface area contributed by atoms with Gasteiger partial charge in [0.15, 0.2) is 0 Å². The van der Waals surface area contributed by atoms with Crippen LogP contribution in [0.25, 0.3) is 11.1 Å². The van der Waals surface area contributed by atoms with Gasteiger partial charge in [-0.25, -0.2) is 0 Å². The van der Waals surface area contributed by atoms with Crippen LogP contribution in [-0.4, -0.2) is 17.7 Å². The highest BCUT2D eigenvalue weighted by atomic mass is 19.4. The zero-order chi connectivity index (χ0) is 20.2. The zero-order valence-electron chi connectivity index (χ0n) is 15.5. The maximum atomic E-state index is 13.7. The minimum Gasteiger partial charge on any atom is -0.507 e. The standard InChI is InChI=1S/C21H23F3O3/c1-4-27-20(26)17(10-13(2)3)16-11-15(14-8-6-5-7-9-14)12-18(25)19(16)21(22,23)24/h5-9,11-13,17,25H,4,10H2,1-3H3. The number of rotatable bonds is 6. The monoisotopic (exact) mass is 380 g/mol. The summed E-state index contributed by atoms with van der Waals surface area (Å²) in [7, 11) is 0. The zero-order valence-corrected chi connectivity index (χ0v) is 15.5. The van der Waals surface area contributed by atoms with Crippen LogP contribution in [0.15, 0.2) is 42.5 Å². The predicted molar refractivity (Wildman–Crippen MR) is 97.4 cm³/mol. The molecule has 3 nitrogen and oxygen atoms in total. The molecule has 0 radical (unpaired) electrons.